The van der Waals surface area contributed by atoms with E-state index in [0.29, 0.717) is 5.15 Å². The maximum Gasteiger partial charge on any atom is 0.139 e. The molecule has 3 nitrogen and oxygen atoms in total. The molecule has 0 aliphatic carbocycles. The summed E-state index contributed by atoms with van der Waals surface area (Å²) >= 11 is 6.51. The Morgan fingerprint density at radius 2 is 1.26 bits per heavy atom. The monoisotopic (exact) mass is 317 g/mol. The normalized spacial score (nSPS) is 10.8. The highest BCUT2D eigenvalue weighted by Gasteiger charge is 2.18. The number of halogens is 1. The highest BCUT2D eigenvalue weighted by molar-refractivity contribution is 6.33. The van der Waals surface area contributed by atoms with Crippen molar-refractivity contribution in [2.75, 3.05) is 0 Å². The molecule has 0 aliphatic heterocycles. The molecular formula is C19H12ClN3. The summed E-state index contributed by atoms with van der Waals surface area (Å²) in [5.41, 5.74) is 4.26. The predicted molar refractivity (Wildman–Crippen MR) is 93.2 cm³/mol. The van der Waals surface area contributed by atoms with Gasteiger partial charge in [0.2, 0.25) is 0 Å². The van der Waals surface area contributed by atoms with Gasteiger partial charge in [0.1, 0.15) is 5.15 Å². The fraction of sp³-hybridized carbons (Fsp3) is 0. The number of hydrogen-bond donors (Lipinski definition) is 0. The molecule has 0 spiro atoms. The molecule has 3 aromatic heterocycles. The summed E-state index contributed by atoms with van der Waals surface area (Å²) in [6.07, 6.45) is 3.53. The van der Waals surface area contributed by atoms with Crippen molar-refractivity contribution in [2.24, 2.45) is 0 Å². The third-order valence-corrected chi connectivity index (χ3v) is 3.96. The van der Waals surface area contributed by atoms with Gasteiger partial charge in [-0.2, -0.15) is 0 Å². The van der Waals surface area contributed by atoms with Crippen molar-refractivity contribution >= 4 is 22.5 Å². The number of benzene rings is 1. The van der Waals surface area contributed by atoms with E-state index < -0.39 is 0 Å². The molecule has 4 aromatic rings. The average Bonchev–Trinajstić information content (AvgIpc) is 2.62. The van der Waals surface area contributed by atoms with Crippen LogP contribution in [-0.4, -0.2) is 15.0 Å². The van der Waals surface area contributed by atoms with Crippen molar-refractivity contribution < 1.29 is 0 Å². The Bertz CT molecular complexity index is 970. The first kappa shape index (κ1) is 13.9. The van der Waals surface area contributed by atoms with Crippen LogP contribution in [0.4, 0.5) is 0 Å². The third-order valence-electron chi connectivity index (χ3n) is 3.69. The van der Waals surface area contributed by atoms with Gasteiger partial charge in [0.05, 0.1) is 16.9 Å². The number of para-hydroxylation sites is 1. The summed E-state index contributed by atoms with van der Waals surface area (Å²) in [6, 6.07) is 19.5. The highest BCUT2D eigenvalue weighted by atomic mass is 35.5. The molecule has 110 valence electrons. The zero-order chi connectivity index (χ0) is 15.6. The van der Waals surface area contributed by atoms with Crippen LogP contribution < -0.4 is 0 Å². The van der Waals surface area contributed by atoms with Crippen molar-refractivity contribution in [2.45, 2.75) is 0 Å². The number of nitrogens with zero attached hydrogens (tertiary/aromatic N) is 3. The van der Waals surface area contributed by atoms with E-state index in [4.69, 9.17) is 11.6 Å². The molecule has 23 heavy (non-hydrogen) atoms. The number of fused-ring (bicyclic) bond motifs is 1. The molecule has 0 atom stereocenters. The molecule has 0 bridgehead atoms. The number of aromatic nitrogens is 3. The summed E-state index contributed by atoms with van der Waals surface area (Å²) in [5, 5.41) is 1.44. The summed E-state index contributed by atoms with van der Waals surface area (Å²) in [6.45, 7) is 0. The van der Waals surface area contributed by atoms with Crippen LogP contribution in [0.1, 0.15) is 0 Å². The minimum Gasteiger partial charge on any atom is -0.256 e. The molecule has 4 rings (SSSR count). The topological polar surface area (TPSA) is 38.7 Å². The van der Waals surface area contributed by atoms with Gasteiger partial charge >= 0.3 is 0 Å². The van der Waals surface area contributed by atoms with Crippen LogP contribution in [0.5, 0.6) is 0 Å². The van der Waals surface area contributed by atoms with Gasteiger partial charge in [-0.1, -0.05) is 41.9 Å². The molecule has 0 saturated heterocycles. The van der Waals surface area contributed by atoms with Gasteiger partial charge in [-0.25, -0.2) is 4.98 Å². The molecule has 0 unspecified atom stereocenters. The minimum atomic E-state index is 0.433. The number of hydrogen-bond acceptors (Lipinski definition) is 3. The molecular weight excluding hydrogens is 306 g/mol. The van der Waals surface area contributed by atoms with Crippen LogP contribution in [0, 0.1) is 0 Å². The van der Waals surface area contributed by atoms with Gasteiger partial charge in [0.25, 0.3) is 0 Å². The Kier molecular flexibility index (Phi) is 3.48. The maximum absolute atomic E-state index is 6.51. The van der Waals surface area contributed by atoms with Gasteiger partial charge in [0, 0.05) is 28.9 Å². The number of rotatable bonds is 2. The number of pyridine rings is 3. The second-order valence-corrected chi connectivity index (χ2v) is 5.46. The Morgan fingerprint density at radius 1 is 0.652 bits per heavy atom. The van der Waals surface area contributed by atoms with E-state index in [0.717, 1.165) is 33.4 Å². The van der Waals surface area contributed by atoms with Crippen LogP contribution in [0.25, 0.3) is 33.4 Å². The second kappa shape index (κ2) is 5.78. The lowest BCUT2D eigenvalue weighted by atomic mass is 9.98. The molecule has 0 fully saturated rings. The molecule has 3 heterocycles. The lowest BCUT2D eigenvalue weighted by molar-refractivity contribution is 1.28. The summed E-state index contributed by atoms with van der Waals surface area (Å²) in [4.78, 5) is 13.5. The maximum atomic E-state index is 6.51. The zero-order valence-electron chi connectivity index (χ0n) is 12.1. The smallest absolute Gasteiger partial charge is 0.139 e. The van der Waals surface area contributed by atoms with Crippen molar-refractivity contribution in [3.8, 4) is 22.5 Å². The lowest BCUT2D eigenvalue weighted by Gasteiger charge is -2.13. The third kappa shape index (κ3) is 2.45. The Balaban J connectivity index is 2.15. The van der Waals surface area contributed by atoms with Crippen molar-refractivity contribution in [3.05, 3.63) is 78.2 Å². The van der Waals surface area contributed by atoms with Crippen LogP contribution in [0.2, 0.25) is 5.15 Å². The SMILES string of the molecule is Clc1nc2ccccc2c(-c2ccccn2)c1-c1ccccn1. The first-order valence-electron chi connectivity index (χ1n) is 7.25. The molecule has 0 N–H and O–H groups in total. The minimum absolute atomic E-state index is 0.433. The largest absolute Gasteiger partial charge is 0.256 e. The molecule has 0 aliphatic rings. The molecule has 1 aromatic carbocycles. The zero-order valence-corrected chi connectivity index (χ0v) is 12.9. The van der Waals surface area contributed by atoms with Gasteiger partial charge in [-0.3, -0.25) is 9.97 Å². The van der Waals surface area contributed by atoms with E-state index in [1.54, 1.807) is 12.4 Å². The van der Waals surface area contributed by atoms with Crippen LogP contribution in [0.3, 0.4) is 0 Å². The van der Waals surface area contributed by atoms with E-state index in [9.17, 15) is 0 Å². The van der Waals surface area contributed by atoms with Gasteiger partial charge in [-0.05, 0) is 30.3 Å². The van der Waals surface area contributed by atoms with Crippen LogP contribution in [0.15, 0.2) is 73.1 Å². The summed E-state index contributed by atoms with van der Waals surface area (Å²) < 4.78 is 0. The van der Waals surface area contributed by atoms with Crippen LogP contribution >= 0.6 is 11.6 Å². The van der Waals surface area contributed by atoms with E-state index in [2.05, 4.69) is 15.0 Å². The molecule has 0 amide bonds. The van der Waals surface area contributed by atoms with Crippen molar-refractivity contribution in [1.29, 1.82) is 0 Å². The van der Waals surface area contributed by atoms with E-state index >= 15 is 0 Å². The molecule has 4 heteroatoms. The van der Waals surface area contributed by atoms with Gasteiger partial charge in [0.15, 0.2) is 0 Å². The van der Waals surface area contributed by atoms with Gasteiger partial charge in [-0.15, -0.1) is 0 Å². The average molecular weight is 318 g/mol. The Hall–Kier alpha value is -2.78. The van der Waals surface area contributed by atoms with Gasteiger partial charge < -0.3 is 0 Å². The molecule has 0 saturated carbocycles. The van der Waals surface area contributed by atoms with E-state index in [1.165, 1.54) is 0 Å². The lowest BCUT2D eigenvalue weighted by Crippen LogP contribution is -1.95. The Morgan fingerprint density at radius 3 is 1.91 bits per heavy atom. The van der Waals surface area contributed by atoms with E-state index in [-0.39, 0.29) is 0 Å². The first-order chi connectivity index (χ1) is 11.3. The highest BCUT2D eigenvalue weighted by Crippen LogP contribution is 2.39. The predicted octanol–water partition coefficient (Wildman–Crippen LogP) is 5.01. The summed E-state index contributed by atoms with van der Waals surface area (Å²) in [7, 11) is 0. The summed E-state index contributed by atoms with van der Waals surface area (Å²) in [5.74, 6) is 0. The Labute approximate surface area is 138 Å². The molecule has 0 radical (unpaired) electrons. The van der Waals surface area contributed by atoms with Crippen LogP contribution in [-0.2, 0) is 0 Å². The second-order valence-electron chi connectivity index (χ2n) is 5.10. The fourth-order valence-corrected chi connectivity index (χ4v) is 2.99. The standard InChI is InChI=1S/C19H12ClN3/c20-19-18(16-10-4-6-12-22-16)17(15-9-3-5-11-21-15)13-7-1-2-8-14(13)23-19/h1-12H. The first-order valence-corrected chi connectivity index (χ1v) is 7.63. The fourth-order valence-electron chi connectivity index (χ4n) is 2.70. The van der Waals surface area contributed by atoms with Crippen molar-refractivity contribution in [1.82, 2.24) is 15.0 Å². The quantitative estimate of drug-likeness (QED) is 0.488. The van der Waals surface area contributed by atoms with Crippen molar-refractivity contribution in [3.63, 3.8) is 0 Å². The van der Waals surface area contributed by atoms with E-state index in [1.807, 2.05) is 60.7 Å².